The van der Waals surface area contributed by atoms with E-state index in [0.29, 0.717) is 0 Å². The van der Waals surface area contributed by atoms with Crippen LogP contribution in [0.4, 0.5) is 0 Å². The summed E-state index contributed by atoms with van der Waals surface area (Å²) >= 11 is 0. The largest absolute Gasteiger partial charge is 0.354 e. The monoisotopic (exact) mass is 365 g/mol. The Morgan fingerprint density at radius 1 is 0.593 bits per heavy atom. The lowest BCUT2D eigenvalue weighted by molar-refractivity contribution is 0.593. The quantitative estimate of drug-likeness (QED) is 0.411. The Morgan fingerprint density at radius 3 is 2.22 bits per heavy atom. The minimum atomic E-state index is -2.87. The van der Waals surface area contributed by atoms with Gasteiger partial charge in [-0.3, -0.25) is 0 Å². The summed E-state index contributed by atoms with van der Waals surface area (Å²) in [5.41, 5.74) is 4.33. The van der Waals surface area contributed by atoms with E-state index in [1.165, 1.54) is 10.8 Å². The van der Waals surface area contributed by atoms with Gasteiger partial charge in [0.1, 0.15) is 0 Å². The molecular weight excluding hydrogens is 349 g/mol. The number of aromatic nitrogens is 1. The molecule has 0 saturated heterocycles. The first-order chi connectivity index (χ1) is 13.3. The fraction of sp³-hybridized carbons (Fsp3) is 0. The van der Waals surface area contributed by atoms with E-state index in [1.54, 1.807) is 0 Å². The van der Waals surface area contributed by atoms with Crippen molar-refractivity contribution in [3.8, 4) is 11.1 Å². The second kappa shape index (κ2) is 5.22. The van der Waals surface area contributed by atoms with E-state index < -0.39 is 7.14 Å². The third kappa shape index (κ3) is 1.88. The second-order valence-corrected chi connectivity index (χ2v) is 9.75. The van der Waals surface area contributed by atoms with Gasteiger partial charge in [0.15, 0.2) is 7.14 Å². The Hall–Kier alpha value is -3.09. The first-order valence-electron chi connectivity index (χ1n) is 9.07. The molecule has 1 N–H and O–H groups in total. The number of fused-ring (bicyclic) bond motifs is 6. The summed E-state index contributed by atoms with van der Waals surface area (Å²) in [6.45, 7) is 0. The fourth-order valence-corrected chi connectivity index (χ4v) is 7.46. The third-order valence-corrected chi connectivity index (χ3v) is 8.76. The molecule has 0 amide bonds. The molecule has 2 heterocycles. The van der Waals surface area contributed by atoms with Gasteiger partial charge in [-0.25, -0.2) is 0 Å². The maximum absolute atomic E-state index is 14.5. The summed E-state index contributed by atoms with van der Waals surface area (Å²) in [6, 6.07) is 30.7. The molecule has 1 aromatic heterocycles. The highest BCUT2D eigenvalue weighted by Gasteiger charge is 2.40. The molecule has 128 valence electrons. The van der Waals surface area contributed by atoms with Gasteiger partial charge in [-0.1, -0.05) is 72.8 Å². The van der Waals surface area contributed by atoms with Crippen molar-refractivity contribution in [1.29, 1.82) is 0 Å². The molecule has 27 heavy (non-hydrogen) atoms. The lowest BCUT2D eigenvalue weighted by Gasteiger charge is -2.15. The van der Waals surface area contributed by atoms with Crippen LogP contribution >= 0.6 is 7.14 Å². The maximum atomic E-state index is 14.5. The highest BCUT2D eigenvalue weighted by Crippen LogP contribution is 2.53. The average molecular weight is 365 g/mol. The van der Waals surface area contributed by atoms with Gasteiger partial charge >= 0.3 is 0 Å². The Kier molecular flexibility index (Phi) is 2.90. The van der Waals surface area contributed by atoms with Crippen LogP contribution in [0.3, 0.4) is 0 Å². The van der Waals surface area contributed by atoms with Crippen molar-refractivity contribution in [3.63, 3.8) is 0 Å². The molecule has 0 saturated carbocycles. The van der Waals surface area contributed by atoms with Crippen molar-refractivity contribution in [2.75, 3.05) is 0 Å². The van der Waals surface area contributed by atoms with Gasteiger partial charge in [0, 0.05) is 37.7 Å². The Morgan fingerprint density at radius 2 is 1.33 bits per heavy atom. The Bertz CT molecular complexity index is 1400. The van der Waals surface area contributed by atoms with Crippen molar-refractivity contribution in [2.45, 2.75) is 0 Å². The number of benzene rings is 4. The van der Waals surface area contributed by atoms with Crippen molar-refractivity contribution < 1.29 is 4.57 Å². The number of para-hydroxylation sites is 1. The first kappa shape index (κ1) is 15.0. The smallest absolute Gasteiger partial charge is 0.172 e. The molecule has 3 heteroatoms. The van der Waals surface area contributed by atoms with Crippen molar-refractivity contribution in [2.24, 2.45) is 0 Å². The van der Waals surface area contributed by atoms with E-state index in [1.807, 2.05) is 54.6 Å². The summed E-state index contributed by atoms with van der Waals surface area (Å²) in [5.74, 6) is 0. The van der Waals surface area contributed by atoms with E-state index in [4.69, 9.17) is 0 Å². The molecule has 0 bridgehead atoms. The fourth-order valence-electron chi connectivity index (χ4n) is 4.38. The minimum Gasteiger partial charge on any atom is -0.354 e. The first-order valence-corrected chi connectivity index (χ1v) is 10.8. The zero-order valence-corrected chi connectivity index (χ0v) is 15.4. The minimum absolute atomic E-state index is 0.895. The lowest BCUT2D eigenvalue weighted by atomic mass is 10.0. The molecule has 1 aliphatic heterocycles. The highest BCUT2D eigenvalue weighted by atomic mass is 31.2. The second-order valence-electron chi connectivity index (χ2n) is 7.05. The maximum Gasteiger partial charge on any atom is 0.172 e. The van der Waals surface area contributed by atoms with Gasteiger partial charge in [0.2, 0.25) is 0 Å². The standard InChI is InChI=1S/C24H16NOP/c26-27(16-8-2-1-3-9-16)23-13-7-5-11-18(23)20-14-19-17-10-4-6-12-21(17)25-22(19)15-24(20)27/h1-15,25H. The number of hydrogen-bond donors (Lipinski definition) is 1. The Labute approximate surface area is 156 Å². The molecule has 5 aromatic rings. The van der Waals surface area contributed by atoms with Crippen LogP contribution in [0.15, 0.2) is 91.0 Å². The molecule has 1 atom stereocenters. The number of rotatable bonds is 1. The van der Waals surface area contributed by atoms with Gasteiger partial charge < -0.3 is 9.55 Å². The summed E-state index contributed by atoms with van der Waals surface area (Å²) in [5, 5.41) is 5.17. The topological polar surface area (TPSA) is 32.9 Å². The summed E-state index contributed by atoms with van der Waals surface area (Å²) < 4.78 is 14.5. The van der Waals surface area contributed by atoms with Crippen molar-refractivity contribution in [3.05, 3.63) is 91.0 Å². The average Bonchev–Trinajstić information content (AvgIpc) is 3.22. The van der Waals surface area contributed by atoms with Gasteiger partial charge in [0.25, 0.3) is 0 Å². The van der Waals surface area contributed by atoms with Crippen molar-refractivity contribution in [1.82, 2.24) is 4.98 Å². The SMILES string of the molecule is O=P1(c2ccccc2)c2ccccc2-c2cc3c(cc21)[nH]c1ccccc13. The lowest BCUT2D eigenvalue weighted by Crippen LogP contribution is -2.20. The molecule has 0 aliphatic carbocycles. The van der Waals surface area contributed by atoms with Crippen LogP contribution in [-0.2, 0) is 4.57 Å². The predicted octanol–water partition coefficient (Wildman–Crippen LogP) is 4.94. The van der Waals surface area contributed by atoms with Crippen molar-refractivity contribution >= 4 is 44.9 Å². The molecule has 0 radical (unpaired) electrons. The van der Waals surface area contributed by atoms with Crippen LogP contribution in [-0.4, -0.2) is 4.98 Å². The van der Waals surface area contributed by atoms with Crippen LogP contribution in [0.25, 0.3) is 32.9 Å². The van der Waals surface area contributed by atoms with E-state index in [9.17, 15) is 4.57 Å². The highest BCUT2D eigenvalue weighted by molar-refractivity contribution is 7.86. The number of H-pyrrole nitrogens is 1. The molecular formula is C24H16NOP. The van der Waals surface area contributed by atoms with Gasteiger partial charge in [-0.2, -0.15) is 0 Å². The molecule has 2 nitrogen and oxygen atoms in total. The zero-order chi connectivity index (χ0) is 18.0. The third-order valence-electron chi connectivity index (χ3n) is 5.61. The van der Waals surface area contributed by atoms with E-state index in [2.05, 4.69) is 41.4 Å². The van der Waals surface area contributed by atoms with E-state index in [0.717, 1.165) is 38.1 Å². The zero-order valence-electron chi connectivity index (χ0n) is 14.5. The van der Waals surface area contributed by atoms with Gasteiger partial charge in [-0.05, 0) is 29.3 Å². The molecule has 0 spiro atoms. The van der Waals surface area contributed by atoms with Crippen LogP contribution in [0.5, 0.6) is 0 Å². The molecule has 0 fully saturated rings. The van der Waals surface area contributed by atoms with Gasteiger partial charge in [-0.15, -0.1) is 0 Å². The van der Waals surface area contributed by atoms with E-state index in [-0.39, 0.29) is 0 Å². The molecule has 1 unspecified atom stereocenters. The van der Waals surface area contributed by atoms with Crippen LogP contribution in [0.1, 0.15) is 0 Å². The van der Waals surface area contributed by atoms with E-state index >= 15 is 0 Å². The van der Waals surface area contributed by atoms with Crippen LogP contribution < -0.4 is 15.9 Å². The number of hydrogen-bond acceptors (Lipinski definition) is 1. The van der Waals surface area contributed by atoms with Gasteiger partial charge in [0.05, 0.1) is 0 Å². The molecule has 4 aromatic carbocycles. The summed E-state index contributed by atoms with van der Waals surface area (Å²) in [7, 11) is -2.87. The van der Waals surface area contributed by atoms with Crippen LogP contribution in [0.2, 0.25) is 0 Å². The predicted molar refractivity (Wildman–Crippen MR) is 114 cm³/mol. The summed E-state index contributed by atoms with van der Waals surface area (Å²) in [6.07, 6.45) is 0. The summed E-state index contributed by atoms with van der Waals surface area (Å²) in [4.78, 5) is 3.50. The van der Waals surface area contributed by atoms with Crippen LogP contribution in [0, 0.1) is 0 Å². The number of nitrogens with one attached hydrogen (secondary N) is 1. The molecule has 1 aliphatic rings. The molecule has 6 rings (SSSR count). The Balaban J connectivity index is 1.78. The normalized spacial score (nSPS) is 17.9. The number of aromatic amines is 1.